The maximum atomic E-state index is 13.9. The molecule has 0 bridgehead atoms. The van der Waals surface area contributed by atoms with E-state index in [9.17, 15) is 18.8 Å². The van der Waals surface area contributed by atoms with Crippen molar-refractivity contribution in [3.8, 4) is 0 Å². The van der Waals surface area contributed by atoms with Crippen LogP contribution in [-0.4, -0.2) is 29.7 Å². The number of hydrogen-bond donors (Lipinski definition) is 0. The highest BCUT2D eigenvalue weighted by Gasteiger charge is 2.64. The molecule has 4 atom stereocenters. The molecule has 3 aromatic carbocycles. The number of halogens is 3. The summed E-state index contributed by atoms with van der Waals surface area (Å²) in [4.78, 5) is 44.4. The minimum Gasteiger partial charge on any atom is -0.352 e. The van der Waals surface area contributed by atoms with Crippen molar-refractivity contribution in [2.24, 2.45) is 11.8 Å². The molecule has 0 radical (unpaired) electrons. The molecule has 5 nitrogen and oxygen atoms in total. The van der Waals surface area contributed by atoms with E-state index in [4.69, 9.17) is 11.6 Å². The number of carbonyl (C=O) groups is 3. The van der Waals surface area contributed by atoms with Gasteiger partial charge in [-0.05, 0) is 54.1 Å². The molecular weight excluding hydrogens is 535 g/mol. The molecule has 2 fully saturated rings. The van der Waals surface area contributed by atoms with Crippen LogP contribution in [0, 0.1) is 17.7 Å². The Hall–Kier alpha value is -3.29. The van der Waals surface area contributed by atoms with Crippen molar-refractivity contribution in [3.63, 3.8) is 0 Å². The molecule has 3 aromatic rings. The van der Waals surface area contributed by atoms with Crippen LogP contribution in [-0.2, 0) is 9.59 Å². The van der Waals surface area contributed by atoms with Gasteiger partial charge in [0.25, 0.3) is 0 Å². The first-order valence-corrected chi connectivity index (χ1v) is 12.2. The number of ketones is 1. The Morgan fingerprint density at radius 3 is 2.31 bits per heavy atom. The minimum absolute atomic E-state index is 0.252. The Bertz CT molecular complexity index is 1420. The minimum atomic E-state index is -0.907. The van der Waals surface area contributed by atoms with Gasteiger partial charge in [-0.1, -0.05) is 57.9 Å². The highest BCUT2D eigenvalue weighted by Crippen LogP contribution is 2.50. The van der Waals surface area contributed by atoms with Gasteiger partial charge in [-0.3, -0.25) is 14.4 Å². The zero-order valence-electron chi connectivity index (χ0n) is 18.1. The van der Waals surface area contributed by atoms with Crippen molar-refractivity contribution in [1.29, 1.82) is 0 Å². The van der Waals surface area contributed by atoms with Gasteiger partial charge in [-0.15, -0.1) is 0 Å². The van der Waals surface area contributed by atoms with Crippen LogP contribution in [0.25, 0.3) is 6.08 Å². The molecule has 2 amide bonds. The number of rotatable bonds is 3. The number of carbonyl (C=O) groups excluding carboxylic acids is 3. The number of Topliss-reactive ketones (excluding diaryl/α,β-unsaturated/α-hetero) is 1. The number of hydrogen-bond acceptors (Lipinski definition) is 4. The lowest BCUT2D eigenvalue weighted by molar-refractivity contribution is -0.122. The highest BCUT2D eigenvalue weighted by molar-refractivity contribution is 9.10. The predicted molar refractivity (Wildman–Crippen MR) is 135 cm³/mol. The average Bonchev–Trinajstić information content (AvgIpc) is 3.33. The third-order valence-electron chi connectivity index (χ3n) is 6.95. The largest absolute Gasteiger partial charge is 0.352 e. The van der Waals surface area contributed by atoms with Crippen molar-refractivity contribution < 1.29 is 18.8 Å². The fraction of sp³-hybridized carbons (Fsp3) is 0.148. The molecule has 0 aromatic heterocycles. The Labute approximate surface area is 213 Å². The van der Waals surface area contributed by atoms with Crippen LogP contribution in [0.15, 0.2) is 77.3 Å². The Morgan fingerprint density at radius 1 is 0.914 bits per heavy atom. The van der Waals surface area contributed by atoms with Gasteiger partial charge in [-0.25, -0.2) is 9.29 Å². The Morgan fingerprint density at radius 2 is 1.60 bits per heavy atom. The zero-order valence-corrected chi connectivity index (χ0v) is 20.4. The molecule has 2 saturated heterocycles. The number of anilines is 2. The van der Waals surface area contributed by atoms with E-state index >= 15 is 0 Å². The fourth-order valence-corrected chi connectivity index (χ4v) is 5.89. The first-order chi connectivity index (χ1) is 16.8. The van der Waals surface area contributed by atoms with Gasteiger partial charge in [0.15, 0.2) is 5.78 Å². The van der Waals surface area contributed by atoms with Gasteiger partial charge in [-0.2, -0.15) is 0 Å². The zero-order chi connectivity index (χ0) is 24.4. The first kappa shape index (κ1) is 22.2. The van der Waals surface area contributed by atoms with Gasteiger partial charge < -0.3 is 4.90 Å². The summed E-state index contributed by atoms with van der Waals surface area (Å²) < 4.78 is 14.3. The van der Waals surface area contributed by atoms with Gasteiger partial charge in [0, 0.05) is 20.7 Å². The second-order valence-electron chi connectivity index (χ2n) is 8.82. The van der Waals surface area contributed by atoms with Crippen LogP contribution in [0.1, 0.15) is 15.9 Å². The lowest BCUT2D eigenvalue weighted by Crippen LogP contribution is -2.48. The van der Waals surface area contributed by atoms with E-state index in [1.54, 1.807) is 36.4 Å². The number of amides is 2. The number of imide groups is 1. The smallest absolute Gasteiger partial charge is 0.240 e. The lowest BCUT2D eigenvalue weighted by Gasteiger charge is -2.36. The van der Waals surface area contributed by atoms with E-state index in [2.05, 4.69) is 15.9 Å². The summed E-state index contributed by atoms with van der Waals surface area (Å²) in [5.41, 5.74) is 2.30. The van der Waals surface area contributed by atoms with Crippen molar-refractivity contribution in [2.45, 2.75) is 12.1 Å². The number of benzene rings is 3. The maximum absolute atomic E-state index is 13.9. The highest BCUT2D eigenvalue weighted by atomic mass is 79.9. The van der Waals surface area contributed by atoms with E-state index in [-0.39, 0.29) is 5.78 Å². The van der Waals surface area contributed by atoms with Crippen molar-refractivity contribution >= 4 is 62.6 Å². The summed E-state index contributed by atoms with van der Waals surface area (Å²) in [6, 6.07) is 16.1. The maximum Gasteiger partial charge on any atom is 0.240 e. The molecule has 0 saturated carbocycles. The van der Waals surface area contributed by atoms with Crippen LogP contribution >= 0.6 is 27.5 Å². The van der Waals surface area contributed by atoms with Gasteiger partial charge in [0.2, 0.25) is 11.8 Å². The molecule has 0 spiro atoms. The third-order valence-corrected chi connectivity index (χ3v) is 7.72. The van der Waals surface area contributed by atoms with Crippen molar-refractivity contribution in [3.05, 3.63) is 99.2 Å². The van der Waals surface area contributed by atoms with E-state index in [0.717, 1.165) is 14.9 Å². The second-order valence-corrected chi connectivity index (χ2v) is 10.2. The van der Waals surface area contributed by atoms with Gasteiger partial charge >= 0.3 is 0 Å². The molecule has 3 aliphatic heterocycles. The molecule has 6 rings (SSSR count). The standard InChI is InChI=1S/C27H17BrClFN2O3/c28-16-5-1-15(2-6-16)25(33)24-23-22(20-12-4-14-3-7-17(29)13-21(14)32(20)24)26(34)31(27(23)35)19-10-8-18(30)9-11-19/h1-13,20,22-24H/t20-,22-,23+,24-/m1/s1. The van der Waals surface area contributed by atoms with Crippen LogP contribution in [0.3, 0.4) is 0 Å². The number of nitrogens with zero attached hydrogens (tertiary/aromatic N) is 2. The Balaban J connectivity index is 1.50. The van der Waals surface area contributed by atoms with Crippen molar-refractivity contribution in [2.75, 3.05) is 9.80 Å². The summed E-state index contributed by atoms with van der Waals surface area (Å²) in [7, 11) is 0. The molecule has 0 N–H and O–H groups in total. The molecule has 3 heterocycles. The number of fused-ring (bicyclic) bond motifs is 5. The van der Waals surface area contributed by atoms with Crippen LogP contribution in [0.4, 0.5) is 15.8 Å². The van der Waals surface area contributed by atoms with Crippen LogP contribution in [0.5, 0.6) is 0 Å². The monoisotopic (exact) mass is 550 g/mol. The molecule has 0 aliphatic carbocycles. The Kier molecular flexibility index (Phi) is 5.16. The fourth-order valence-electron chi connectivity index (χ4n) is 5.46. The molecule has 35 heavy (non-hydrogen) atoms. The topological polar surface area (TPSA) is 57.7 Å². The van der Waals surface area contributed by atoms with E-state index in [0.29, 0.717) is 22.0 Å². The lowest BCUT2D eigenvalue weighted by atomic mass is 9.86. The summed E-state index contributed by atoms with van der Waals surface area (Å²) in [5.74, 6) is -3.25. The SMILES string of the molecule is O=C(c1ccc(Br)cc1)[C@H]1[C@H]2C(=O)N(c3ccc(F)cc3)C(=O)[C@@H]2[C@H]2C=Cc3ccc(Cl)cc3N21. The summed E-state index contributed by atoms with van der Waals surface area (Å²) in [6.07, 6.45) is 3.77. The van der Waals surface area contributed by atoms with E-state index in [1.807, 2.05) is 23.1 Å². The molecule has 0 unspecified atom stereocenters. The van der Waals surface area contributed by atoms with Gasteiger partial charge in [0.1, 0.15) is 11.9 Å². The first-order valence-electron chi connectivity index (χ1n) is 11.0. The van der Waals surface area contributed by atoms with Crippen molar-refractivity contribution in [1.82, 2.24) is 0 Å². The predicted octanol–water partition coefficient (Wildman–Crippen LogP) is 5.51. The molecule has 174 valence electrons. The van der Waals surface area contributed by atoms with E-state index < -0.39 is 41.6 Å². The van der Waals surface area contributed by atoms with E-state index in [1.165, 1.54) is 24.3 Å². The molecule has 8 heteroatoms. The van der Waals surface area contributed by atoms with Gasteiger partial charge in [0.05, 0.1) is 23.6 Å². The average molecular weight is 552 g/mol. The normalized spacial score (nSPS) is 24.4. The summed E-state index contributed by atoms with van der Waals surface area (Å²) in [6.45, 7) is 0. The quantitative estimate of drug-likeness (QED) is 0.318. The summed E-state index contributed by atoms with van der Waals surface area (Å²) in [5, 5.41) is 0.496. The second kappa shape index (κ2) is 8.14. The molecule has 3 aliphatic rings. The van der Waals surface area contributed by atoms with Crippen LogP contribution < -0.4 is 9.80 Å². The summed E-state index contributed by atoms with van der Waals surface area (Å²) >= 11 is 9.70. The third kappa shape index (κ3) is 3.37. The molecular formula is C27H17BrClFN2O3. The van der Waals surface area contributed by atoms with Crippen LogP contribution in [0.2, 0.25) is 5.02 Å².